The first-order valence-electron chi connectivity index (χ1n) is 10.9. The highest BCUT2D eigenvalue weighted by molar-refractivity contribution is 14.0. The quantitative estimate of drug-likeness (QED) is 0.346. The van der Waals surface area contributed by atoms with E-state index in [1.807, 2.05) is 0 Å². The number of aliphatic imine (C=N–C) groups is 1. The number of halogens is 1. The van der Waals surface area contributed by atoms with Gasteiger partial charge in [0.15, 0.2) is 5.96 Å². The van der Waals surface area contributed by atoms with E-state index >= 15 is 0 Å². The van der Waals surface area contributed by atoms with Crippen molar-refractivity contribution in [1.82, 2.24) is 10.2 Å². The molecule has 164 valence electrons. The molecule has 2 unspecified atom stereocenters. The second-order valence-corrected chi connectivity index (χ2v) is 8.46. The lowest BCUT2D eigenvalue weighted by Crippen LogP contribution is -2.48. The van der Waals surface area contributed by atoms with Crippen molar-refractivity contribution in [1.29, 1.82) is 0 Å². The summed E-state index contributed by atoms with van der Waals surface area (Å²) in [7, 11) is 0. The standard InChI is InChI=1S/C23H37N3O2.HI/c1-4-24-23(26-15-18(2)13-19(3)16-26)25-14-20-5-7-21(8-6-20)17-28-22-9-11-27-12-10-22;/h5-8,18-19,22H,4,9-17H2,1-3H3,(H,24,25);1H. The SMILES string of the molecule is CCNC(=NCc1ccc(COC2CCOCC2)cc1)N1CC(C)CC(C)C1.I. The minimum absolute atomic E-state index is 0. The van der Waals surface area contributed by atoms with E-state index in [1.54, 1.807) is 0 Å². The van der Waals surface area contributed by atoms with Crippen LogP contribution >= 0.6 is 24.0 Å². The van der Waals surface area contributed by atoms with Gasteiger partial charge in [-0.3, -0.25) is 0 Å². The molecule has 0 radical (unpaired) electrons. The number of rotatable bonds is 6. The normalized spacial score (nSPS) is 23.6. The summed E-state index contributed by atoms with van der Waals surface area (Å²) >= 11 is 0. The molecule has 6 heteroatoms. The van der Waals surface area contributed by atoms with Crippen molar-refractivity contribution in [3.8, 4) is 0 Å². The molecule has 2 fully saturated rings. The summed E-state index contributed by atoms with van der Waals surface area (Å²) in [5.41, 5.74) is 2.47. The Morgan fingerprint density at radius 3 is 2.34 bits per heavy atom. The highest BCUT2D eigenvalue weighted by atomic mass is 127. The molecule has 1 aromatic carbocycles. The van der Waals surface area contributed by atoms with Crippen LogP contribution in [-0.2, 0) is 22.6 Å². The third kappa shape index (κ3) is 8.06. The van der Waals surface area contributed by atoms with Gasteiger partial charge in [0, 0.05) is 32.8 Å². The number of piperidine rings is 1. The molecular formula is C23H38IN3O2. The van der Waals surface area contributed by atoms with Crippen molar-refractivity contribution in [2.24, 2.45) is 16.8 Å². The van der Waals surface area contributed by atoms with Gasteiger partial charge in [0.05, 0.1) is 19.3 Å². The van der Waals surface area contributed by atoms with Gasteiger partial charge in [-0.1, -0.05) is 38.1 Å². The van der Waals surface area contributed by atoms with Gasteiger partial charge in [-0.05, 0) is 49.1 Å². The number of hydrogen-bond donors (Lipinski definition) is 1. The smallest absolute Gasteiger partial charge is 0.194 e. The van der Waals surface area contributed by atoms with Crippen molar-refractivity contribution in [3.05, 3.63) is 35.4 Å². The monoisotopic (exact) mass is 515 g/mol. The first-order chi connectivity index (χ1) is 13.6. The first-order valence-corrected chi connectivity index (χ1v) is 10.9. The number of nitrogens with zero attached hydrogens (tertiary/aromatic N) is 2. The predicted octanol–water partition coefficient (Wildman–Crippen LogP) is 4.44. The summed E-state index contributed by atoms with van der Waals surface area (Å²) in [6.45, 7) is 13.0. The fourth-order valence-electron chi connectivity index (χ4n) is 4.23. The van der Waals surface area contributed by atoms with Gasteiger partial charge in [-0.2, -0.15) is 0 Å². The molecule has 0 bridgehead atoms. The average Bonchev–Trinajstić information content (AvgIpc) is 2.70. The molecule has 0 saturated carbocycles. The maximum Gasteiger partial charge on any atom is 0.194 e. The summed E-state index contributed by atoms with van der Waals surface area (Å²) in [6.07, 6.45) is 3.67. The van der Waals surface area contributed by atoms with Crippen LogP contribution in [0.25, 0.3) is 0 Å². The van der Waals surface area contributed by atoms with Gasteiger partial charge in [0.2, 0.25) is 0 Å². The maximum atomic E-state index is 6.01. The minimum Gasteiger partial charge on any atom is -0.381 e. The zero-order valence-electron chi connectivity index (χ0n) is 18.2. The van der Waals surface area contributed by atoms with Crippen molar-refractivity contribution in [2.75, 3.05) is 32.8 Å². The number of hydrogen-bond acceptors (Lipinski definition) is 3. The zero-order chi connectivity index (χ0) is 19.8. The van der Waals surface area contributed by atoms with Crippen molar-refractivity contribution < 1.29 is 9.47 Å². The Morgan fingerprint density at radius 1 is 1.10 bits per heavy atom. The topological polar surface area (TPSA) is 46.1 Å². The van der Waals surface area contributed by atoms with Gasteiger partial charge >= 0.3 is 0 Å². The molecule has 0 amide bonds. The third-order valence-electron chi connectivity index (χ3n) is 5.59. The van der Waals surface area contributed by atoms with E-state index in [-0.39, 0.29) is 24.0 Å². The third-order valence-corrected chi connectivity index (χ3v) is 5.59. The van der Waals surface area contributed by atoms with Gasteiger partial charge in [0.25, 0.3) is 0 Å². The highest BCUT2D eigenvalue weighted by Crippen LogP contribution is 2.21. The van der Waals surface area contributed by atoms with E-state index in [0.717, 1.165) is 63.5 Å². The fourth-order valence-corrected chi connectivity index (χ4v) is 4.23. The van der Waals surface area contributed by atoms with Crippen molar-refractivity contribution in [2.45, 2.75) is 59.3 Å². The van der Waals surface area contributed by atoms with E-state index in [0.29, 0.717) is 19.3 Å². The van der Waals surface area contributed by atoms with Crippen LogP contribution in [0.4, 0.5) is 0 Å². The van der Waals surface area contributed by atoms with E-state index in [1.165, 1.54) is 17.5 Å². The Hall–Kier alpha value is -0.860. The molecule has 3 rings (SSSR count). The van der Waals surface area contributed by atoms with E-state index in [9.17, 15) is 0 Å². The van der Waals surface area contributed by atoms with Crippen molar-refractivity contribution >= 4 is 29.9 Å². The Labute approximate surface area is 193 Å². The first kappa shape index (κ1) is 24.4. The number of benzene rings is 1. The van der Waals surface area contributed by atoms with Crippen LogP contribution in [0, 0.1) is 11.8 Å². The summed E-state index contributed by atoms with van der Waals surface area (Å²) in [5, 5.41) is 3.48. The van der Waals surface area contributed by atoms with E-state index in [2.05, 4.69) is 55.3 Å². The Bertz CT molecular complexity index is 607. The lowest BCUT2D eigenvalue weighted by Gasteiger charge is -2.37. The van der Waals surface area contributed by atoms with E-state index < -0.39 is 0 Å². The van der Waals surface area contributed by atoms with Crippen LogP contribution in [0.15, 0.2) is 29.3 Å². The molecule has 2 aliphatic heterocycles. The Kier molecular flexibility index (Phi) is 10.7. The van der Waals surface area contributed by atoms with Gasteiger partial charge in [-0.25, -0.2) is 4.99 Å². The van der Waals surface area contributed by atoms with Crippen LogP contribution in [-0.4, -0.2) is 49.8 Å². The van der Waals surface area contributed by atoms with E-state index in [4.69, 9.17) is 14.5 Å². The molecule has 0 aromatic heterocycles. The molecule has 1 aromatic rings. The van der Waals surface area contributed by atoms with Crippen LogP contribution in [0.2, 0.25) is 0 Å². The molecule has 5 nitrogen and oxygen atoms in total. The number of nitrogens with one attached hydrogen (secondary N) is 1. The molecule has 1 N–H and O–H groups in total. The molecule has 2 atom stereocenters. The number of ether oxygens (including phenoxy) is 2. The summed E-state index contributed by atoms with van der Waals surface area (Å²) < 4.78 is 11.4. The second-order valence-electron chi connectivity index (χ2n) is 8.46. The van der Waals surface area contributed by atoms with Gasteiger partial charge < -0.3 is 19.7 Å². The van der Waals surface area contributed by atoms with Crippen LogP contribution in [0.1, 0.15) is 51.2 Å². The largest absolute Gasteiger partial charge is 0.381 e. The Balaban J connectivity index is 0.00000300. The summed E-state index contributed by atoms with van der Waals surface area (Å²) in [4.78, 5) is 7.34. The van der Waals surface area contributed by atoms with Gasteiger partial charge in [-0.15, -0.1) is 24.0 Å². The van der Waals surface area contributed by atoms with Crippen LogP contribution in [0.3, 0.4) is 0 Å². The molecule has 0 aliphatic carbocycles. The molecule has 2 heterocycles. The molecular weight excluding hydrogens is 477 g/mol. The van der Waals surface area contributed by atoms with Gasteiger partial charge in [0.1, 0.15) is 0 Å². The van der Waals surface area contributed by atoms with Crippen LogP contribution < -0.4 is 5.32 Å². The summed E-state index contributed by atoms with van der Waals surface area (Å²) in [6, 6.07) is 8.69. The van der Waals surface area contributed by atoms with Crippen molar-refractivity contribution in [3.63, 3.8) is 0 Å². The Morgan fingerprint density at radius 2 is 1.72 bits per heavy atom. The highest BCUT2D eigenvalue weighted by Gasteiger charge is 2.23. The molecule has 2 aliphatic rings. The molecule has 2 saturated heterocycles. The fraction of sp³-hybridized carbons (Fsp3) is 0.696. The lowest BCUT2D eigenvalue weighted by atomic mass is 9.92. The predicted molar refractivity (Wildman–Crippen MR) is 130 cm³/mol. The molecule has 29 heavy (non-hydrogen) atoms. The number of guanidine groups is 1. The average molecular weight is 515 g/mol. The number of likely N-dealkylation sites (tertiary alicyclic amines) is 1. The minimum atomic E-state index is 0. The molecule has 0 spiro atoms. The van der Waals surface area contributed by atoms with Crippen LogP contribution in [0.5, 0.6) is 0 Å². The summed E-state index contributed by atoms with van der Waals surface area (Å²) in [5.74, 6) is 2.50. The lowest BCUT2D eigenvalue weighted by molar-refractivity contribution is -0.0390. The maximum absolute atomic E-state index is 6.01. The zero-order valence-corrected chi connectivity index (χ0v) is 20.6. The second kappa shape index (κ2) is 12.7.